The first-order chi connectivity index (χ1) is 15.5. The molecule has 1 N–H and O–H groups in total. The van der Waals surface area contributed by atoms with Crippen molar-refractivity contribution in [2.45, 2.75) is 25.5 Å². The second kappa shape index (κ2) is 9.78. The van der Waals surface area contributed by atoms with Crippen molar-refractivity contribution in [1.29, 1.82) is 0 Å². The minimum Gasteiger partial charge on any atom is -0.325 e. The van der Waals surface area contributed by atoms with E-state index in [4.69, 9.17) is 0 Å². The van der Waals surface area contributed by atoms with E-state index >= 15 is 0 Å². The monoisotopic (exact) mass is 446 g/mol. The number of carbonyl (C=O) groups is 1. The Labute approximate surface area is 190 Å². The molecule has 0 aliphatic rings. The summed E-state index contributed by atoms with van der Waals surface area (Å²) in [6.07, 6.45) is 0. The number of nitrogens with one attached hydrogen (secondary N) is 1. The summed E-state index contributed by atoms with van der Waals surface area (Å²) in [5.74, 6) is 0.107. The van der Waals surface area contributed by atoms with Crippen molar-refractivity contribution in [3.63, 3.8) is 0 Å². The molecule has 0 bridgehead atoms. The molecule has 0 spiro atoms. The number of para-hydroxylation sites is 1. The van der Waals surface area contributed by atoms with Crippen LogP contribution >= 0.6 is 11.8 Å². The van der Waals surface area contributed by atoms with E-state index in [-0.39, 0.29) is 17.5 Å². The predicted molar refractivity (Wildman–Crippen MR) is 126 cm³/mol. The first-order valence-electron chi connectivity index (χ1n) is 10.2. The molecule has 0 radical (unpaired) electrons. The highest BCUT2D eigenvalue weighted by molar-refractivity contribution is 7.99. The zero-order valence-corrected chi connectivity index (χ0v) is 18.7. The van der Waals surface area contributed by atoms with Gasteiger partial charge in [0, 0.05) is 5.69 Å². The second-order valence-corrected chi connectivity index (χ2v) is 8.40. The molecule has 0 aliphatic carbocycles. The summed E-state index contributed by atoms with van der Waals surface area (Å²) in [5, 5.41) is 12.1. The lowest BCUT2D eigenvalue weighted by Crippen LogP contribution is -2.16. The fourth-order valence-electron chi connectivity index (χ4n) is 3.46. The molecule has 0 saturated heterocycles. The van der Waals surface area contributed by atoms with Gasteiger partial charge in [-0.25, -0.2) is 4.39 Å². The highest BCUT2D eigenvalue weighted by Gasteiger charge is 2.18. The van der Waals surface area contributed by atoms with Crippen LogP contribution in [0.2, 0.25) is 0 Å². The molecule has 32 heavy (non-hydrogen) atoms. The van der Waals surface area contributed by atoms with E-state index in [0.29, 0.717) is 23.1 Å². The maximum atomic E-state index is 14.5. The van der Waals surface area contributed by atoms with Gasteiger partial charge in [0.25, 0.3) is 0 Å². The third-order valence-electron chi connectivity index (χ3n) is 5.09. The Morgan fingerprint density at radius 1 is 0.938 bits per heavy atom. The summed E-state index contributed by atoms with van der Waals surface area (Å²) in [6, 6.07) is 22.2. The molecular formula is C25H23FN4OS. The van der Waals surface area contributed by atoms with E-state index in [1.165, 1.54) is 17.8 Å². The Morgan fingerprint density at radius 3 is 2.34 bits per heavy atom. The molecule has 0 atom stereocenters. The van der Waals surface area contributed by atoms with Crippen LogP contribution in [-0.4, -0.2) is 26.4 Å². The van der Waals surface area contributed by atoms with Crippen LogP contribution in [0.3, 0.4) is 0 Å². The van der Waals surface area contributed by atoms with Gasteiger partial charge in [-0.05, 0) is 42.7 Å². The Balaban J connectivity index is 1.58. The van der Waals surface area contributed by atoms with Crippen LogP contribution in [-0.2, 0) is 11.3 Å². The summed E-state index contributed by atoms with van der Waals surface area (Å²) >= 11 is 1.28. The third kappa shape index (κ3) is 4.89. The number of halogens is 1. The van der Waals surface area contributed by atoms with Crippen molar-refractivity contribution in [3.05, 3.63) is 95.3 Å². The molecule has 7 heteroatoms. The fraction of sp³-hybridized carbons (Fsp3) is 0.160. The summed E-state index contributed by atoms with van der Waals surface area (Å²) in [6.45, 7) is 4.40. The number of anilines is 1. The van der Waals surface area contributed by atoms with Crippen molar-refractivity contribution in [3.8, 4) is 11.4 Å². The van der Waals surface area contributed by atoms with Gasteiger partial charge in [0.1, 0.15) is 5.82 Å². The Bertz CT molecular complexity index is 1220. The molecule has 0 unspecified atom stereocenters. The minimum absolute atomic E-state index is 0.130. The Hall–Kier alpha value is -3.45. The highest BCUT2D eigenvalue weighted by Crippen LogP contribution is 2.27. The van der Waals surface area contributed by atoms with Crippen LogP contribution < -0.4 is 5.32 Å². The largest absolute Gasteiger partial charge is 0.325 e. The van der Waals surface area contributed by atoms with Gasteiger partial charge in [0.15, 0.2) is 11.0 Å². The summed E-state index contributed by atoms with van der Waals surface area (Å²) in [4.78, 5) is 12.6. The van der Waals surface area contributed by atoms with Gasteiger partial charge in [0.05, 0.1) is 17.9 Å². The zero-order chi connectivity index (χ0) is 22.5. The lowest BCUT2D eigenvalue weighted by molar-refractivity contribution is -0.113. The fourth-order valence-corrected chi connectivity index (χ4v) is 4.20. The molecule has 1 amide bonds. The SMILES string of the molecule is Cc1cccc(C)c1NC(=O)CSc1nnc(-c2ccccc2F)n1Cc1ccccc1. The topological polar surface area (TPSA) is 59.8 Å². The lowest BCUT2D eigenvalue weighted by Gasteiger charge is -2.12. The van der Waals surface area contributed by atoms with Crippen molar-refractivity contribution in [2.75, 3.05) is 11.1 Å². The number of benzene rings is 3. The molecule has 0 fully saturated rings. The van der Waals surface area contributed by atoms with Gasteiger partial charge in [-0.15, -0.1) is 10.2 Å². The zero-order valence-electron chi connectivity index (χ0n) is 17.9. The van der Waals surface area contributed by atoms with Crippen LogP contribution in [0.4, 0.5) is 10.1 Å². The molecule has 4 rings (SSSR count). The van der Waals surface area contributed by atoms with Crippen molar-refractivity contribution < 1.29 is 9.18 Å². The molecule has 1 aromatic heterocycles. The van der Waals surface area contributed by atoms with Crippen molar-refractivity contribution in [2.24, 2.45) is 0 Å². The number of amides is 1. The standard InChI is InChI=1S/C25H23FN4OS/c1-17-9-8-10-18(2)23(17)27-22(31)16-32-25-29-28-24(20-13-6-7-14-21(20)26)30(25)15-19-11-4-3-5-12-19/h3-14H,15-16H2,1-2H3,(H,27,31). The van der Waals surface area contributed by atoms with Gasteiger partial charge in [0.2, 0.25) is 5.91 Å². The summed E-state index contributed by atoms with van der Waals surface area (Å²) < 4.78 is 16.3. The molecule has 3 aromatic carbocycles. The van der Waals surface area contributed by atoms with E-state index in [1.807, 2.05) is 66.9 Å². The quantitative estimate of drug-likeness (QED) is 0.382. The number of thioether (sulfide) groups is 1. The Morgan fingerprint density at radius 2 is 1.62 bits per heavy atom. The van der Waals surface area contributed by atoms with Crippen molar-refractivity contribution in [1.82, 2.24) is 14.8 Å². The molecule has 0 aliphatic heterocycles. The summed E-state index contributed by atoms with van der Waals surface area (Å²) in [5.41, 5.74) is 4.26. The van der Waals surface area contributed by atoms with E-state index < -0.39 is 0 Å². The average molecular weight is 447 g/mol. The average Bonchev–Trinajstić information content (AvgIpc) is 3.18. The van der Waals surface area contributed by atoms with E-state index in [1.54, 1.807) is 18.2 Å². The minimum atomic E-state index is -0.362. The van der Waals surface area contributed by atoms with Gasteiger partial charge in [-0.1, -0.05) is 72.4 Å². The van der Waals surface area contributed by atoms with E-state index in [9.17, 15) is 9.18 Å². The number of aromatic nitrogens is 3. The van der Waals surface area contributed by atoms with Crippen LogP contribution in [0.5, 0.6) is 0 Å². The smallest absolute Gasteiger partial charge is 0.234 e. The molecular weight excluding hydrogens is 423 g/mol. The number of aryl methyl sites for hydroxylation is 2. The maximum Gasteiger partial charge on any atom is 0.234 e. The van der Waals surface area contributed by atoms with Gasteiger partial charge in [-0.2, -0.15) is 0 Å². The molecule has 0 saturated carbocycles. The molecule has 162 valence electrons. The highest BCUT2D eigenvalue weighted by atomic mass is 32.2. The van der Waals surface area contributed by atoms with Crippen molar-refractivity contribution >= 4 is 23.4 Å². The first kappa shape index (κ1) is 21.8. The number of carbonyl (C=O) groups excluding carboxylic acids is 1. The number of rotatable bonds is 7. The van der Waals surface area contributed by atoms with Crippen LogP contribution in [0.15, 0.2) is 78.0 Å². The maximum absolute atomic E-state index is 14.5. The lowest BCUT2D eigenvalue weighted by atomic mass is 10.1. The van der Waals surface area contributed by atoms with E-state index in [0.717, 1.165) is 22.4 Å². The van der Waals surface area contributed by atoms with Gasteiger partial charge >= 0.3 is 0 Å². The van der Waals surface area contributed by atoms with Crippen LogP contribution in [0, 0.1) is 19.7 Å². The second-order valence-electron chi connectivity index (χ2n) is 7.46. The van der Waals surface area contributed by atoms with Gasteiger partial charge in [-0.3, -0.25) is 9.36 Å². The summed E-state index contributed by atoms with van der Waals surface area (Å²) in [7, 11) is 0. The first-order valence-corrected chi connectivity index (χ1v) is 11.2. The van der Waals surface area contributed by atoms with Crippen LogP contribution in [0.25, 0.3) is 11.4 Å². The third-order valence-corrected chi connectivity index (χ3v) is 6.06. The number of hydrogen-bond donors (Lipinski definition) is 1. The molecule has 5 nitrogen and oxygen atoms in total. The molecule has 1 heterocycles. The normalized spacial score (nSPS) is 10.8. The number of hydrogen-bond acceptors (Lipinski definition) is 4. The van der Waals surface area contributed by atoms with Crippen LogP contribution in [0.1, 0.15) is 16.7 Å². The number of nitrogens with zero attached hydrogens (tertiary/aromatic N) is 3. The van der Waals surface area contributed by atoms with Gasteiger partial charge < -0.3 is 5.32 Å². The predicted octanol–water partition coefficient (Wildman–Crippen LogP) is 5.48. The molecule has 4 aromatic rings. The van der Waals surface area contributed by atoms with E-state index in [2.05, 4.69) is 15.5 Å². The Kier molecular flexibility index (Phi) is 6.66.